The highest BCUT2D eigenvalue weighted by Gasteiger charge is 2.10. The smallest absolute Gasteiger partial charge is 0.220 e. The summed E-state index contributed by atoms with van der Waals surface area (Å²) in [6.45, 7) is 5.35. The van der Waals surface area contributed by atoms with Gasteiger partial charge in [-0.1, -0.05) is 6.92 Å². The van der Waals surface area contributed by atoms with Gasteiger partial charge >= 0.3 is 0 Å². The van der Waals surface area contributed by atoms with E-state index in [0.29, 0.717) is 49.0 Å². The van der Waals surface area contributed by atoms with Crippen LogP contribution in [0.15, 0.2) is 36.7 Å². The van der Waals surface area contributed by atoms with E-state index in [0.717, 1.165) is 6.54 Å². The van der Waals surface area contributed by atoms with Crippen molar-refractivity contribution in [3.05, 3.63) is 42.2 Å². The summed E-state index contributed by atoms with van der Waals surface area (Å²) in [5.41, 5.74) is 0.572. The van der Waals surface area contributed by atoms with Crippen LogP contribution >= 0.6 is 0 Å². The Balaban J connectivity index is 1.67. The van der Waals surface area contributed by atoms with Gasteiger partial charge in [0, 0.05) is 37.5 Å². The lowest BCUT2D eigenvalue weighted by Crippen LogP contribution is -2.30. The quantitative estimate of drug-likeness (QED) is 0.484. The van der Waals surface area contributed by atoms with Gasteiger partial charge in [-0.3, -0.25) is 14.3 Å². The highest BCUT2D eigenvalue weighted by atomic mass is 16.5. The Morgan fingerprint density at radius 1 is 1.30 bits per heavy atom. The van der Waals surface area contributed by atoms with Gasteiger partial charge in [0.2, 0.25) is 5.91 Å². The van der Waals surface area contributed by atoms with Crippen LogP contribution in [-0.2, 0) is 11.3 Å². The number of Topliss-reactive ketones (excluding diaryl/α,β-unsaturated/α-hetero) is 1. The third-order valence-corrected chi connectivity index (χ3v) is 4.08. The molecular formula is C20H27N3O4. The van der Waals surface area contributed by atoms with Gasteiger partial charge in [-0.15, -0.1) is 0 Å². The number of hydrogen-bond donors (Lipinski definition) is 1. The van der Waals surface area contributed by atoms with Gasteiger partial charge in [0.25, 0.3) is 0 Å². The van der Waals surface area contributed by atoms with E-state index in [4.69, 9.17) is 9.47 Å². The standard InChI is InChI=1S/C20H27N3O4/c1-15(14-23-10-5-9-22-23)13-21-20(25)6-4-11-27-18-8-7-17(16(2)24)12-19(18)26-3/h5,7-10,12,15H,4,6,11,13-14H2,1-3H3,(H,21,25). The fourth-order valence-electron chi connectivity index (χ4n) is 2.59. The van der Waals surface area contributed by atoms with E-state index >= 15 is 0 Å². The molecule has 0 aliphatic rings. The lowest BCUT2D eigenvalue weighted by molar-refractivity contribution is -0.121. The number of carbonyl (C=O) groups excluding carboxylic acids is 2. The minimum atomic E-state index is -0.0293. The van der Waals surface area contributed by atoms with Crippen LogP contribution in [0.2, 0.25) is 0 Å². The van der Waals surface area contributed by atoms with Gasteiger partial charge in [-0.05, 0) is 43.5 Å². The van der Waals surface area contributed by atoms with Crippen molar-refractivity contribution < 1.29 is 19.1 Å². The molecule has 0 bridgehead atoms. The maximum Gasteiger partial charge on any atom is 0.220 e. The molecule has 0 saturated carbocycles. The first-order valence-electron chi connectivity index (χ1n) is 9.05. The van der Waals surface area contributed by atoms with E-state index in [1.165, 1.54) is 14.0 Å². The second-order valence-electron chi connectivity index (χ2n) is 6.51. The maximum absolute atomic E-state index is 12.0. The summed E-state index contributed by atoms with van der Waals surface area (Å²) in [5, 5.41) is 7.10. The molecule has 1 N–H and O–H groups in total. The summed E-state index contributed by atoms with van der Waals surface area (Å²) in [5.74, 6) is 1.35. The van der Waals surface area contributed by atoms with E-state index < -0.39 is 0 Å². The van der Waals surface area contributed by atoms with Crippen molar-refractivity contribution in [3.8, 4) is 11.5 Å². The molecule has 7 nitrogen and oxygen atoms in total. The molecule has 2 rings (SSSR count). The number of ketones is 1. The van der Waals surface area contributed by atoms with Gasteiger partial charge in [-0.25, -0.2) is 0 Å². The van der Waals surface area contributed by atoms with Crippen LogP contribution in [0.1, 0.15) is 37.0 Å². The molecule has 0 radical (unpaired) electrons. The van der Waals surface area contributed by atoms with Gasteiger partial charge < -0.3 is 14.8 Å². The van der Waals surface area contributed by atoms with Crippen molar-refractivity contribution in [2.45, 2.75) is 33.2 Å². The topological polar surface area (TPSA) is 82.5 Å². The number of benzene rings is 1. The summed E-state index contributed by atoms with van der Waals surface area (Å²) >= 11 is 0. The Hall–Kier alpha value is -2.83. The SMILES string of the molecule is COc1cc(C(C)=O)ccc1OCCCC(=O)NCC(C)Cn1cccn1. The summed E-state index contributed by atoms with van der Waals surface area (Å²) in [4.78, 5) is 23.4. The molecule has 1 aromatic carbocycles. The zero-order valence-corrected chi connectivity index (χ0v) is 16.1. The monoisotopic (exact) mass is 373 g/mol. The van der Waals surface area contributed by atoms with Crippen LogP contribution in [0.4, 0.5) is 0 Å². The van der Waals surface area contributed by atoms with E-state index in [-0.39, 0.29) is 11.7 Å². The lowest BCUT2D eigenvalue weighted by Gasteiger charge is -2.13. The van der Waals surface area contributed by atoms with E-state index in [9.17, 15) is 9.59 Å². The number of aromatic nitrogens is 2. The number of rotatable bonds is 11. The molecule has 0 fully saturated rings. The Bertz CT molecular complexity index is 744. The highest BCUT2D eigenvalue weighted by Crippen LogP contribution is 2.28. The lowest BCUT2D eigenvalue weighted by atomic mass is 10.1. The summed E-state index contributed by atoms with van der Waals surface area (Å²) < 4.78 is 12.8. The van der Waals surface area contributed by atoms with Crippen molar-refractivity contribution in [2.24, 2.45) is 5.92 Å². The third kappa shape index (κ3) is 6.77. The van der Waals surface area contributed by atoms with Crippen molar-refractivity contribution >= 4 is 11.7 Å². The number of amides is 1. The predicted octanol–water partition coefficient (Wildman–Crippen LogP) is 2.71. The fraction of sp³-hybridized carbons (Fsp3) is 0.450. The Labute approximate surface area is 159 Å². The molecule has 0 spiro atoms. The minimum absolute atomic E-state index is 0.00445. The molecular weight excluding hydrogens is 346 g/mol. The number of hydrogen-bond acceptors (Lipinski definition) is 5. The maximum atomic E-state index is 12.0. The first kappa shape index (κ1) is 20.5. The zero-order valence-electron chi connectivity index (χ0n) is 16.1. The van der Waals surface area contributed by atoms with Crippen molar-refractivity contribution in [3.63, 3.8) is 0 Å². The second kappa shape index (κ2) is 10.4. The van der Waals surface area contributed by atoms with Gasteiger partial charge in [-0.2, -0.15) is 5.10 Å². The van der Waals surface area contributed by atoms with Crippen LogP contribution in [0.3, 0.4) is 0 Å². The van der Waals surface area contributed by atoms with Crippen LogP contribution in [0.5, 0.6) is 11.5 Å². The first-order valence-corrected chi connectivity index (χ1v) is 9.05. The molecule has 27 heavy (non-hydrogen) atoms. The summed E-state index contributed by atoms with van der Waals surface area (Å²) in [6, 6.07) is 6.96. The molecule has 7 heteroatoms. The van der Waals surface area contributed by atoms with Crippen molar-refractivity contribution in [1.82, 2.24) is 15.1 Å². The number of nitrogens with one attached hydrogen (secondary N) is 1. The minimum Gasteiger partial charge on any atom is -0.493 e. The highest BCUT2D eigenvalue weighted by molar-refractivity contribution is 5.94. The number of nitrogens with zero attached hydrogens (tertiary/aromatic N) is 2. The molecule has 1 atom stereocenters. The third-order valence-electron chi connectivity index (χ3n) is 4.08. The summed E-state index contributed by atoms with van der Waals surface area (Å²) in [6.07, 6.45) is 4.64. The van der Waals surface area contributed by atoms with Crippen LogP contribution in [0.25, 0.3) is 0 Å². The molecule has 1 unspecified atom stereocenters. The average molecular weight is 373 g/mol. The van der Waals surface area contributed by atoms with Gasteiger partial charge in [0.05, 0.1) is 13.7 Å². The molecule has 1 aromatic heterocycles. The molecule has 2 aromatic rings. The van der Waals surface area contributed by atoms with Gasteiger partial charge in [0.1, 0.15) is 0 Å². The van der Waals surface area contributed by atoms with Crippen LogP contribution in [0, 0.1) is 5.92 Å². The molecule has 0 saturated heterocycles. The normalized spacial score (nSPS) is 11.7. The molecule has 0 aliphatic carbocycles. The van der Waals surface area contributed by atoms with Gasteiger partial charge in [0.15, 0.2) is 17.3 Å². The Morgan fingerprint density at radius 3 is 2.78 bits per heavy atom. The first-order chi connectivity index (χ1) is 13.0. The number of carbonyl (C=O) groups is 2. The van der Waals surface area contributed by atoms with Crippen LogP contribution in [-0.4, -0.2) is 41.7 Å². The van der Waals surface area contributed by atoms with Crippen LogP contribution < -0.4 is 14.8 Å². The average Bonchev–Trinajstić information content (AvgIpc) is 3.16. The van der Waals surface area contributed by atoms with Crippen molar-refractivity contribution in [1.29, 1.82) is 0 Å². The fourth-order valence-corrected chi connectivity index (χ4v) is 2.59. The predicted molar refractivity (Wildman–Crippen MR) is 102 cm³/mol. The zero-order chi connectivity index (χ0) is 19.6. The largest absolute Gasteiger partial charge is 0.493 e. The second-order valence-corrected chi connectivity index (χ2v) is 6.51. The van der Waals surface area contributed by atoms with E-state index in [2.05, 4.69) is 17.3 Å². The molecule has 146 valence electrons. The van der Waals surface area contributed by atoms with Crippen molar-refractivity contribution in [2.75, 3.05) is 20.3 Å². The molecule has 1 heterocycles. The Kier molecular flexibility index (Phi) is 7.85. The van der Waals surface area contributed by atoms with E-state index in [1.54, 1.807) is 24.4 Å². The van der Waals surface area contributed by atoms with E-state index in [1.807, 2.05) is 16.9 Å². The Morgan fingerprint density at radius 2 is 2.11 bits per heavy atom. The summed E-state index contributed by atoms with van der Waals surface area (Å²) in [7, 11) is 1.53. The number of methoxy groups -OCH3 is 1. The number of ether oxygens (including phenoxy) is 2. The molecule has 1 amide bonds. The molecule has 0 aliphatic heterocycles.